The van der Waals surface area contributed by atoms with Crippen LogP contribution in [0.5, 0.6) is 0 Å². The van der Waals surface area contributed by atoms with Gasteiger partial charge in [-0.05, 0) is 24.1 Å². The average molecular weight is 272 g/mol. The third-order valence-electron chi connectivity index (χ3n) is 1.98. The van der Waals surface area contributed by atoms with Gasteiger partial charge >= 0.3 is 0 Å². The minimum Gasteiger partial charge on any atom is -0.379 e. The van der Waals surface area contributed by atoms with E-state index in [1.165, 1.54) is 0 Å². The number of carbonyl (C=O) groups is 1. The molecule has 1 aromatic carbocycles. The largest absolute Gasteiger partial charge is 0.379 e. The number of halogens is 1. The quantitative estimate of drug-likeness (QED) is 0.562. The molecular weight excluding hydrogens is 258 g/mol. The summed E-state index contributed by atoms with van der Waals surface area (Å²) in [6.07, 6.45) is 0.733. The number of amidine groups is 1. The van der Waals surface area contributed by atoms with Crippen molar-refractivity contribution in [3.63, 3.8) is 0 Å². The summed E-state index contributed by atoms with van der Waals surface area (Å²) >= 11 is 6.86. The molecule has 0 aliphatic carbocycles. The van der Waals surface area contributed by atoms with Crippen molar-refractivity contribution in [3.8, 4) is 0 Å². The lowest BCUT2D eigenvalue weighted by molar-refractivity contribution is -0.118. The van der Waals surface area contributed by atoms with Gasteiger partial charge in [-0.1, -0.05) is 35.5 Å². The Morgan fingerprint density at radius 1 is 1.53 bits per heavy atom. The van der Waals surface area contributed by atoms with Crippen LogP contribution in [0.1, 0.15) is 5.56 Å². The van der Waals surface area contributed by atoms with Gasteiger partial charge in [-0.2, -0.15) is 0 Å². The molecule has 0 aliphatic rings. The standard InChI is InChI=1S/C11H14ClN3OS/c12-9-3-1-2-8(6-9)4-5-15-10(16)7-17-11(13)14/h1-3,6H,4-5,7H2,(H3,13,14)(H,15,16). The highest BCUT2D eigenvalue weighted by atomic mass is 35.5. The molecule has 0 spiro atoms. The van der Waals surface area contributed by atoms with Crippen LogP contribution in [-0.4, -0.2) is 23.4 Å². The van der Waals surface area contributed by atoms with Crippen molar-refractivity contribution in [2.24, 2.45) is 5.73 Å². The Kier molecular flexibility index (Phi) is 5.86. The van der Waals surface area contributed by atoms with Crippen LogP contribution in [0, 0.1) is 5.41 Å². The zero-order valence-electron chi connectivity index (χ0n) is 9.20. The minimum absolute atomic E-state index is 0.0463. The predicted octanol–water partition coefficient (Wildman–Crippen LogP) is 1.63. The Labute approximate surface area is 109 Å². The molecule has 4 N–H and O–H groups in total. The number of hydrogen-bond acceptors (Lipinski definition) is 3. The van der Waals surface area contributed by atoms with Gasteiger partial charge in [0.05, 0.1) is 5.75 Å². The normalized spacial score (nSPS) is 9.94. The van der Waals surface area contributed by atoms with Gasteiger partial charge in [-0.25, -0.2) is 0 Å². The first kappa shape index (κ1) is 13.9. The number of rotatable bonds is 5. The number of nitrogens with two attached hydrogens (primary N) is 1. The Hall–Kier alpha value is -1.20. The van der Waals surface area contributed by atoms with E-state index in [-0.39, 0.29) is 16.8 Å². The molecule has 0 bridgehead atoms. The Balaban J connectivity index is 2.23. The van der Waals surface area contributed by atoms with E-state index in [0.717, 1.165) is 23.7 Å². The summed E-state index contributed by atoms with van der Waals surface area (Å²) in [5, 5.41) is 10.4. The van der Waals surface area contributed by atoms with Gasteiger partial charge in [0.15, 0.2) is 5.17 Å². The molecule has 0 aliphatic heterocycles. The summed E-state index contributed by atoms with van der Waals surface area (Å²) in [4.78, 5) is 11.3. The van der Waals surface area contributed by atoms with Crippen molar-refractivity contribution >= 4 is 34.4 Å². The van der Waals surface area contributed by atoms with Crippen LogP contribution in [0.25, 0.3) is 0 Å². The van der Waals surface area contributed by atoms with E-state index in [2.05, 4.69) is 5.32 Å². The second-order valence-electron chi connectivity index (χ2n) is 3.38. The molecule has 4 nitrogen and oxygen atoms in total. The molecule has 0 fully saturated rings. The Morgan fingerprint density at radius 2 is 2.29 bits per heavy atom. The maximum Gasteiger partial charge on any atom is 0.230 e. The van der Waals surface area contributed by atoms with Crippen molar-refractivity contribution < 1.29 is 4.79 Å². The van der Waals surface area contributed by atoms with E-state index in [1.807, 2.05) is 24.3 Å². The van der Waals surface area contributed by atoms with Crippen molar-refractivity contribution in [1.82, 2.24) is 5.32 Å². The van der Waals surface area contributed by atoms with Crippen LogP contribution < -0.4 is 11.1 Å². The highest BCUT2D eigenvalue weighted by Gasteiger charge is 2.02. The highest BCUT2D eigenvalue weighted by molar-refractivity contribution is 8.14. The smallest absolute Gasteiger partial charge is 0.230 e. The van der Waals surface area contributed by atoms with Gasteiger partial charge in [0.1, 0.15) is 0 Å². The number of amides is 1. The van der Waals surface area contributed by atoms with E-state index in [9.17, 15) is 4.79 Å². The van der Waals surface area contributed by atoms with Gasteiger partial charge in [-0.15, -0.1) is 0 Å². The monoisotopic (exact) mass is 271 g/mol. The number of benzene rings is 1. The molecule has 0 saturated carbocycles. The molecule has 1 aromatic rings. The van der Waals surface area contributed by atoms with E-state index >= 15 is 0 Å². The minimum atomic E-state index is -0.118. The van der Waals surface area contributed by atoms with Crippen LogP contribution in [-0.2, 0) is 11.2 Å². The van der Waals surface area contributed by atoms with E-state index in [1.54, 1.807) is 0 Å². The molecule has 0 atom stereocenters. The van der Waals surface area contributed by atoms with Crippen molar-refractivity contribution in [1.29, 1.82) is 5.41 Å². The van der Waals surface area contributed by atoms with Crippen LogP contribution in [0.3, 0.4) is 0 Å². The zero-order chi connectivity index (χ0) is 12.7. The maximum absolute atomic E-state index is 11.3. The number of thioether (sulfide) groups is 1. The molecule has 0 saturated heterocycles. The predicted molar refractivity (Wildman–Crippen MR) is 72.5 cm³/mol. The third kappa shape index (κ3) is 6.19. The third-order valence-corrected chi connectivity index (χ3v) is 2.94. The summed E-state index contributed by atoms with van der Waals surface area (Å²) in [7, 11) is 0. The summed E-state index contributed by atoms with van der Waals surface area (Å²) < 4.78 is 0. The Morgan fingerprint density at radius 3 is 2.94 bits per heavy atom. The van der Waals surface area contributed by atoms with E-state index in [0.29, 0.717) is 11.6 Å². The molecule has 92 valence electrons. The van der Waals surface area contributed by atoms with Gasteiger partial charge in [0.25, 0.3) is 0 Å². The van der Waals surface area contributed by atoms with Gasteiger partial charge in [-0.3, -0.25) is 10.2 Å². The number of hydrogen-bond donors (Lipinski definition) is 3. The molecule has 0 heterocycles. The maximum atomic E-state index is 11.3. The fraction of sp³-hybridized carbons (Fsp3) is 0.273. The van der Waals surface area contributed by atoms with Gasteiger partial charge in [0, 0.05) is 11.6 Å². The van der Waals surface area contributed by atoms with Gasteiger partial charge < -0.3 is 11.1 Å². The van der Waals surface area contributed by atoms with Crippen LogP contribution in [0.2, 0.25) is 5.02 Å². The first-order valence-corrected chi connectivity index (χ1v) is 6.42. The summed E-state index contributed by atoms with van der Waals surface area (Å²) in [6, 6.07) is 7.53. The average Bonchev–Trinajstić information content (AvgIpc) is 2.26. The molecule has 0 aromatic heterocycles. The fourth-order valence-electron chi connectivity index (χ4n) is 1.23. The van der Waals surface area contributed by atoms with Crippen molar-refractivity contribution in [3.05, 3.63) is 34.9 Å². The second-order valence-corrected chi connectivity index (χ2v) is 4.84. The number of carbonyl (C=O) groups excluding carboxylic acids is 1. The molecule has 6 heteroatoms. The second kappa shape index (κ2) is 7.19. The topological polar surface area (TPSA) is 79.0 Å². The van der Waals surface area contributed by atoms with Crippen molar-refractivity contribution in [2.45, 2.75) is 6.42 Å². The van der Waals surface area contributed by atoms with E-state index < -0.39 is 0 Å². The van der Waals surface area contributed by atoms with Crippen LogP contribution in [0.4, 0.5) is 0 Å². The lowest BCUT2D eigenvalue weighted by Crippen LogP contribution is -2.28. The summed E-state index contributed by atoms with van der Waals surface area (Å²) in [6.45, 7) is 0.553. The molecule has 0 radical (unpaired) electrons. The fourth-order valence-corrected chi connectivity index (χ4v) is 1.83. The molecule has 1 rings (SSSR count). The highest BCUT2D eigenvalue weighted by Crippen LogP contribution is 2.10. The molecule has 1 amide bonds. The molecule has 17 heavy (non-hydrogen) atoms. The first-order valence-electron chi connectivity index (χ1n) is 5.06. The van der Waals surface area contributed by atoms with E-state index in [4.69, 9.17) is 22.7 Å². The van der Waals surface area contributed by atoms with Crippen molar-refractivity contribution in [2.75, 3.05) is 12.3 Å². The lowest BCUT2D eigenvalue weighted by Gasteiger charge is -2.05. The summed E-state index contributed by atoms with van der Waals surface area (Å²) in [5.74, 6) is 0.0671. The molecule has 0 unspecified atom stereocenters. The summed E-state index contributed by atoms with van der Waals surface area (Å²) in [5.41, 5.74) is 6.21. The lowest BCUT2D eigenvalue weighted by atomic mass is 10.1. The van der Waals surface area contributed by atoms with Crippen LogP contribution in [0.15, 0.2) is 24.3 Å². The zero-order valence-corrected chi connectivity index (χ0v) is 10.8. The number of nitrogens with one attached hydrogen (secondary N) is 2. The Bertz CT molecular complexity index is 411. The molecular formula is C11H14ClN3OS. The first-order chi connectivity index (χ1) is 8.08. The SMILES string of the molecule is N=C(N)SCC(=O)NCCc1cccc(Cl)c1. The van der Waals surface area contributed by atoms with Gasteiger partial charge in [0.2, 0.25) is 5.91 Å². The van der Waals surface area contributed by atoms with Crippen LogP contribution >= 0.6 is 23.4 Å².